The molecule has 33 heavy (non-hydrogen) atoms. The monoisotopic (exact) mass is 454 g/mol. The number of benzene rings is 2. The highest BCUT2D eigenvalue weighted by Crippen LogP contribution is 2.40. The fraction of sp³-hybridized carbons (Fsp3) is 0.182. The minimum absolute atomic E-state index is 0.0937. The normalized spacial score (nSPS) is 10.9. The first kappa shape index (κ1) is 22.1. The van der Waals surface area contributed by atoms with Gasteiger partial charge in [0.1, 0.15) is 5.52 Å². The Balaban J connectivity index is 1.82. The van der Waals surface area contributed by atoms with E-state index in [1.54, 1.807) is 13.2 Å². The number of ether oxygens (including phenoxy) is 2. The highest BCUT2D eigenvalue weighted by atomic mass is 19.1. The van der Waals surface area contributed by atoms with E-state index in [0.717, 1.165) is 11.8 Å². The molecule has 11 heteroatoms. The predicted molar refractivity (Wildman–Crippen MR) is 117 cm³/mol. The van der Waals surface area contributed by atoms with Gasteiger partial charge in [0.25, 0.3) is 5.91 Å². The van der Waals surface area contributed by atoms with Crippen molar-refractivity contribution in [3.05, 3.63) is 59.7 Å². The van der Waals surface area contributed by atoms with Gasteiger partial charge >= 0.3 is 0 Å². The maximum atomic E-state index is 15.1. The molecule has 9 nitrogen and oxygen atoms in total. The number of amides is 1. The van der Waals surface area contributed by atoms with Crippen molar-refractivity contribution in [3.8, 4) is 22.6 Å². The molecule has 2 aromatic heterocycles. The van der Waals surface area contributed by atoms with Gasteiger partial charge in [0.2, 0.25) is 5.95 Å². The van der Waals surface area contributed by atoms with Crippen LogP contribution >= 0.6 is 0 Å². The summed E-state index contributed by atoms with van der Waals surface area (Å²) in [5.74, 6) is -2.50. The Morgan fingerprint density at radius 3 is 2.33 bits per heavy atom. The lowest BCUT2D eigenvalue weighted by atomic mass is 9.99. The van der Waals surface area contributed by atoms with Crippen LogP contribution in [0.25, 0.3) is 22.2 Å². The zero-order valence-electron chi connectivity index (χ0n) is 18.0. The molecule has 170 valence electrons. The third-order valence-corrected chi connectivity index (χ3v) is 4.94. The van der Waals surface area contributed by atoms with Gasteiger partial charge in [-0.1, -0.05) is 6.07 Å². The van der Waals surface area contributed by atoms with Crippen LogP contribution < -0.4 is 20.1 Å². The fourth-order valence-electron chi connectivity index (χ4n) is 3.44. The molecule has 0 unspecified atom stereocenters. The smallest absolute Gasteiger partial charge is 0.260 e. The van der Waals surface area contributed by atoms with Crippen molar-refractivity contribution in [1.82, 2.24) is 25.3 Å². The highest BCUT2D eigenvalue weighted by molar-refractivity contribution is 6.13. The number of carbonyl (C=O) groups is 1. The highest BCUT2D eigenvalue weighted by Gasteiger charge is 2.25. The van der Waals surface area contributed by atoms with Gasteiger partial charge in [0, 0.05) is 30.6 Å². The summed E-state index contributed by atoms with van der Waals surface area (Å²) in [6, 6.07) is 3.94. The number of aromatic nitrogens is 4. The lowest BCUT2D eigenvalue weighted by Gasteiger charge is -2.15. The van der Waals surface area contributed by atoms with E-state index in [1.165, 1.54) is 38.7 Å². The number of nitrogens with zero attached hydrogens (tertiary/aromatic N) is 3. The number of fused-ring (bicyclic) bond motifs is 1. The number of hydrogen-bond donors (Lipinski definition) is 3. The van der Waals surface area contributed by atoms with Crippen molar-refractivity contribution in [1.29, 1.82) is 0 Å². The van der Waals surface area contributed by atoms with Crippen molar-refractivity contribution in [3.63, 3.8) is 0 Å². The Hall–Kier alpha value is -4.12. The molecule has 2 aromatic carbocycles. The molecule has 4 rings (SSSR count). The maximum absolute atomic E-state index is 15.1. The van der Waals surface area contributed by atoms with Gasteiger partial charge in [0.15, 0.2) is 23.1 Å². The average Bonchev–Trinajstić information content (AvgIpc) is 3.26. The zero-order chi connectivity index (χ0) is 23.5. The van der Waals surface area contributed by atoms with E-state index < -0.39 is 23.1 Å². The molecule has 0 atom stereocenters. The molecule has 0 aliphatic carbocycles. The summed E-state index contributed by atoms with van der Waals surface area (Å²) in [5, 5.41) is 5.63. The first-order chi connectivity index (χ1) is 16.0. The van der Waals surface area contributed by atoms with Gasteiger partial charge < -0.3 is 19.8 Å². The van der Waals surface area contributed by atoms with E-state index >= 15 is 8.78 Å². The average molecular weight is 454 g/mol. The molecule has 0 radical (unpaired) electrons. The zero-order valence-corrected chi connectivity index (χ0v) is 18.0. The van der Waals surface area contributed by atoms with Crippen LogP contribution in [0.15, 0.2) is 36.8 Å². The van der Waals surface area contributed by atoms with Gasteiger partial charge in [-0.3, -0.25) is 20.1 Å². The van der Waals surface area contributed by atoms with Crippen molar-refractivity contribution in [2.45, 2.75) is 6.54 Å². The summed E-state index contributed by atoms with van der Waals surface area (Å²) in [5.41, 5.74) is 0.932. The number of halogens is 2. The number of carbonyl (C=O) groups excluding carboxylic acids is 1. The lowest BCUT2D eigenvalue weighted by Crippen LogP contribution is -2.14. The van der Waals surface area contributed by atoms with Gasteiger partial charge in [-0.2, -0.15) is 0 Å². The summed E-state index contributed by atoms with van der Waals surface area (Å²) in [6.45, 7) is 0.549. The number of imidazole rings is 1. The Bertz CT molecular complexity index is 1310. The minimum Gasteiger partial charge on any atom is -0.494 e. The number of hydrogen-bond acceptors (Lipinski definition) is 7. The number of rotatable bonds is 7. The number of nitrogens with one attached hydrogen (secondary N) is 3. The SMILES string of the molecule is CNCc1cnc(NC(=O)c2ccc(-c3c(F)c(OC)cc(OC)c3F)c3nccnc23)[nH]1. The topological polar surface area (TPSA) is 114 Å². The van der Waals surface area contributed by atoms with Crippen LogP contribution in [0.1, 0.15) is 16.1 Å². The Kier molecular flexibility index (Phi) is 6.13. The first-order valence-electron chi connectivity index (χ1n) is 9.82. The van der Waals surface area contributed by atoms with Crippen LogP contribution in [0.3, 0.4) is 0 Å². The van der Waals surface area contributed by atoms with Crippen LogP contribution in [0.2, 0.25) is 0 Å². The van der Waals surface area contributed by atoms with Crippen molar-refractivity contribution in [2.24, 2.45) is 0 Å². The summed E-state index contributed by atoms with van der Waals surface area (Å²) in [4.78, 5) is 28.5. The third-order valence-electron chi connectivity index (χ3n) is 4.94. The fourth-order valence-corrected chi connectivity index (χ4v) is 3.44. The van der Waals surface area contributed by atoms with Crippen LogP contribution in [0, 0.1) is 11.6 Å². The molecule has 4 aromatic rings. The van der Waals surface area contributed by atoms with E-state index in [9.17, 15) is 4.79 Å². The van der Waals surface area contributed by atoms with E-state index in [4.69, 9.17) is 9.47 Å². The van der Waals surface area contributed by atoms with Crippen molar-refractivity contribution >= 4 is 22.9 Å². The van der Waals surface area contributed by atoms with Gasteiger partial charge in [-0.25, -0.2) is 13.8 Å². The summed E-state index contributed by atoms with van der Waals surface area (Å²) >= 11 is 0. The quantitative estimate of drug-likeness (QED) is 0.393. The first-order valence-corrected chi connectivity index (χ1v) is 9.82. The van der Waals surface area contributed by atoms with Crippen LogP contribution in [-0.2, 0) is 6.54 Å². The van der Waals surface area contributed by atoms with Crippen LogP contribution in [0.4, 0.5) is 14.7 Å². The molecule has 0 saturated heterocycles. The summed E-state index contributed by atoms with van der Waals surface area (Å²) < 4.78 is 40.3. The molecule has 0 spiro atoms. The molecule has 0 bridgehead atoms. The molecule has 1 amide bonds. The van der Waals surface area contributed by atoms with E-state index in [2.05, 4.69) is 30.6 Å². The molecular weight excluding hydrogens is 434 g/mol. The molecule has 0 aliphatic rings. The van der Waals surface area contributed by atoms with E-state index in [-0.39, 0.29) is 39.6 Å². The van der Waals surface area contributed by atoms with E-state index in [0.29, 0.717) is 6.54 Å². The largest absolute Gasteiger partial charge is 0.494 e. The minimum atomic E-state index is -0.924. The second kappa shape index (κ2) is 9.17. The number of anilines is 1. The van der Waals surface area contributed by atoms with Gasteiger partial charge in [-0.05, 0) is 13.1 Å². The van der Waals surface area contributed by atoms with Gasteiger partial charge in [-0.15, -0.1) is 0 Å². The molecule has 3 N–H and O–H groups in total. The molecule has 0 fully saturated rings. The maximum Gasteiger partial charge on any atom is 0.260 e. The van der Waals surface area contributed by atoms with Crippen LogP contribution in [0.5, 0.6) is 11.5 Å². The van der Waals surface area contributed by atoms with Crippen molar-refractivity contribution in [2.75, 3.05) is 26.6 Å². The second-order valence-electron chi connectivity index (χ2n) is 6.94. The Morgan fingerprint density at radius 2 is 1.70 bits per heavy atom. The predicted octanol–water partition coefficient (Wildman–Crippen LogP) is 3.29. The standard InChI is InChI=1S/C22H20F2N6O3/c1-25-9-11-10-28-22(29-11)30-21(31)13-5-4-12(19-20(13)27-7-6-26-19)16-17(23)14(32-2)8-15(33-3)18(16)24/h4-8,10,25H,9H2,1-3H3,(H2,28,29,30,31). The second-order valence-corrected chi connectivity index (χ2v) is 6.94. The Labute approximate surface area is 187 Å². The summed E-state index contributed by atoms with van der Waals surface area (Å²) in [6.07, 6.45) is 4.35. The van der Waals surface area contributed by atoms with Crippen molar-refractivity contribution < 1.29 is 23.0 Å². The number of aromatic amines is 1. The van der Waals surface area contributed by atoms with Gasteiger partial charge in [0.05, 0.1) is 42.8 Å². The molecular formula is C22H20F2N6O3. The third kappa shape index (κ3) is 4.05. The Morgan fingerprint density at radius 1 is 1.03 bits per heavy atom. The lowest BCUT2D eigenvalue weighted by molar-refractivity contribution is 0.102. The molecule has 0 aliphatic heterocycles. The number of H-pyrrole nitrogens is 1. The molecule has 0 saturated carbocycles. The van der Waals surface area contributed by atoms with E-state index in [1.807, 2.05) is 0 Å². The molecule has 2 heterocycles. The number of methoxy groups -OCH3 is 2. The summed E-state index contributed by atoms with van der Waals surface area (Å²) in [7, 11) is 4.32. The van der Waals surface area contributed by atoms with Crippen LogP contribution in [-0.4, -0.2) is 47.1 Å².